The van der Waals surface area contributed by atoms with Gasteiger partial charge in [0.2, 0.25) is 11.0 Å². The molecule has 2 heterocycles. The number of halogens is 2. The molecule has 1 saturated heterocycles. The zero-order chi connectivity index (χ0) is 15.7. The number of benzene rings is 1. The van der Waals surface area contributed by atoms with E-state index in [0.717, 1.165) is 10.1 Å². The van der Waals surface area contributed by atoms with Crippen LogP contribution in [0.2, 0.25) is 5.02 Å². The summed E-state index contributed by atoms with van der Waals surface area (Å²) in [5.74, 6) is -0.688. The lowest BCUT2D eigenvalue weighted by Crippen LogP contribution is -2.59. The summed E-state index contributed by atoms with van der Waals surface area (Å²) in [4.78, 5) is 14.0. The standard InChI is InChI=1S/C14H14ClFN4OS/c1-8-18-19-14(22-8)20-6-9(7-20)17-13(21)5-10-11(15)3-2-4-12(10)16/h2-4,9H,5-7H2,1H3,(H,17,21). The van der Waals surface area contributed by atoms with Crippen LogP contribution in [0.1, 0.15) is 10.6 Å². The lowest BCUT2D eigenvalue weighted by atomic mass is 10.1. The number of hydrogen-bond acceptors (Lipinski definition) is 5. The van der Waals surface area contributed by atoms with Gasteiger partial charge in [-0.3, -0.25) is 4.79 Å². The Balaban J connectivity index is 1.52. The highest BCUT2D eigenvalue weighted by Gasteiger charge is 2.30. The number of aryl methyl sites for hydroxylation is 1. The fraction of sp³-hybridized carbons (Fsp3) is 0.357. The Morgan fingerprint density at radius 3 is 2.91 bits per heavy atom. The van der Waals surface area contributed by atoms with Crippen molar-refractivity contribution in [2.24, 2.45) is 0 Å². The molecule has 1 aromatic heterocycles. The largest absolute Gasteiger partial charge is 0.350 e. The molecular formula is C14H14ClFN4OS. The van der Waals surface area contributed by atoms with Crippen molar-refractivity contribution in [2.75, 3.05) is 18.0 Å². The van der Waals surface area contributed by atoms with Crippen LogP contribution in [0.4, 0.5) is 9.52 Å². The number of nitrogens with zero attached hydrogens (tertiary/aromatic N) is 3. The van der Waals surface area contributed by atoms with Crippen LogP contribution in [0.25, 0.3) is 0 Å². The van der Waals surface area contributed by atoms with E-state index in [-0.39, 0.29) is 29.0 Å². The second-order valence-electron chi connectivity index (χ2n) is 5.15. The first kappa shape index (κ1) is 15.2. The molecule has 8 heteroatoms. The van der Waals surface area contributed by atoms with Crippen LogP contribution in [0.15, 0.2) is 18.2 Å². The minimum atomic E-state index is -0.456. The summed E-state index contributed by atoms with van der Waals surface area (Å²) in [6.07, 6.45) is -0.0556. The van der Waals surface area contributed by atoms with Crippen molar-refractivity contribution < 1.29 is 9.18 Å². The molecule has 0 radical (unpaired) electrons. The third-order valence-corrected chi connectivity index (χ3v) is 4.69. The second kappa shape index (κ2) is 6.18. The molecule has 116 valence electrons. The smallest absolute Gasteiger partial charge is 0.224 e. The van der Waals surface area contributed by atoms with E-state index in [0.29, 0.717) is 13.1 Å². The molecular weight excluding hydrogens is 327 g/mol. The zero-order valence-electron chi connectivity index (χ0n) is 11.8. The second-order valence-corrected chi connectivity index (χ2v) is 6.72. The molecule has 22 heavy (non-hydrogen) atoms. The number of rotatable bonds is 4. The number of carbonyl (C=O) groups excluding carboxylic acids is 1. The third kappa shape index (κ3) is 3.20. The third-order valence-electron chi connectivity index (χ3n) is 3.43. The minimum absolute atomic E-state index is 0.0438. The molecule has 1 aliphatic heterocycles. The van der Waals surface area contributed by atoms with E-state index in [1.54, 1.807) is 6.07 Å². The molecule has 1 amide bonds. The first-order valence-corrected chi connectivity index (χ1v) is 7.99. The summed E-state index contributed by atoms with van der Waals surface area (Å²) >= 11 is 7.44. The van der Waals surface area contributed by atoms with Crippen LogP contribution < -0.4 is 10.2 Å². The number of amides is 1. The molecule has 0 saturated carbocycles. The van der Waals surface area contributed by atoms with E-state index in [2.05, 4.69) is 15.5 Å². The van der Waals surface area contributed by atoms with Gasteiger partial charge >= 0.3 is 0 Å². The quantitative estimate of drug-likeness (QED) is 0.927. The number of nitrogens with one attached hydrogen (secondary N) is 1. The highest BCUT2D eigenvalue weighted by molar-refractivity contribution is 7.15. The molecule has 1 aliphatic rings. The van der Waals surface area contributed by atoms with Crippen molar-refractivity contribution in [1.82, 2.24) is 15.5 Å². The Kier molecular flexibility index (Phi) is 4.26. The maximum atomic E-state index is 13.6. The van der Waals surface area contributed by atoms with Crippen molar-refractivity contribution in [3.63, 3.8) is 0 Å². The highest BCUT2D eigenvalue weighted by Crippen LogP contribution is 2.24. The van der Waals surface area contributed by atoms with Crippen LogP contribution in [-0.4, -0.2) is 35.2 Å². The first-order valence-electron chi connectivity index (χ1n) is 6.80. The van der Waals surface area contributed by atoms with Crippen LogP contribution in [0.5, 0.6) is 0 Å². The Hall–Kier alpha value is -1.73. The Morgan fingerprint density at radius 1 is 1.50 bits per heavy atom. The Labute approximate surface area is 136 Å². The number of anilines is 1. The molecule has 2 aromatic rings. The molecule has 1 fully saturated rings. The summed E-state index contributed by atoms with van der Waals surface area (Å²) in [6.45, 7) is 3.27. The number of carbonyl (C=O) groups is 1. The van der Waals surface area contributed by atoms with Gasteiger partial charge in [0.25, 0.3) is 0 Å². The summed E-state index contributed by atoms with van der Waals surface area (Å²) in [6, 6.07) is 4.45. The number of hydrogen-bond donors (Lipinski definition) is 1. The van der Waals surface area contributed by atoms with Gasteiger partial charge in [-0.15, -0.1) is 10.2 Å². The SMILES string of the molecule is Cc1nnc(N2CC(NC(=O)Cc3c(F)cccc3Cl)C2)s1. The topological polar surface area (TPSA) is 58.1 Å². The van der Waals surface area contributed by atoms with Gasteiger partial charge < -0.3 is 10.2 Å². The van der Waals surface area contributed by atoms with Crippen LogP contribution >= 0.6 is 22.9 Å². The lowest BCUT2D eigenvalue weighted by molar-refractivity contribution is -0.121. The lowest BCUT2D eigenvalue weighted by Gasteiger charge is -2.39. The van der Waals surface area contributed by atoms with Crippen molar-refractivity contribution in [2.45, 2.75) is 19.4 Å². The van der Waals surface area contributed by atoms with Gasteiger partial charge in [0, 0.05) is 23.7 Å². The van der Waals surface area contributed by atoms with Crippen molar-refractivity contribution in [3.05, 3.63) is 39.6 Å². The Bertz CT molecular complexity index is 682. The van der Waals surface area contributed by atoms with E-state index in [9.17, 15) is 9.18 Å². The normalized spacial score (nSPS) is 14.8. The van der Waals surface area contributed by atoms with Gasteiger partial charge in [-0.05, 0) is 19.1 Å². The Morgan fingerprint density at radius 2 is 2.27 bits per heavy atom. The molecule has 1 N–H and O–H groups in total. The predicted molar refractivity (Wildman–Crippen MR) is 83.9 cm³/mol. The van der Waals surface area contributed by atoms with Crippen molar-refractivity contribution in [3.8, 4) is 0 Å². The predicted octanol–water partition coefficient (Wildman–Crippen LogP) is 2.19. The molecule has 0 atom stereocenters. The fourth-order valence-corrected chi connectivity index (χ4v) is 3.22. The monoisotopic (exact) mass is 340 g/mol. The average molecular weight is 341 g/mol. The maximum absolute atomic E-state index is 13.6. The van der Waals surface area contributed by atoms with Gasteiger partial charge in [0.15, 0.2) is 0 Å². The summed E-state index contributed by atoms with van der Waals surface area (Å²) in [7, 11) is 0. The van der Waals surface area contributed by atoms with Crippen molar-refractivity contribution >= 4 is 34.0 Å². The molecule has 1 aromatic carbocycles. The van der Waals surface area contributed by atoms with Crippen LogP contribution in [0.3, 0.4) is 0 Å². The van der Waals surface area contributed by atoms with Gasteiger partial charge in [-0.2, -0.15) is 0 Å². The summed E-state index contributed by atoms with van der Waals surface area (Å²) in [5, 5.41) is 12.9. The minimum Gasteiger partial charge on any atom is -0.350 e. The van der Waals surface area contributed by atoms with Gasteiger partial charge in [-0.25, -0.2) is 4.39 Å². The van der Waals surface area contributed by atoms with Crippen LogP contribution in [-0.2, 0) is 11.2 Å². The van der Waals surface area contributed by atoms with Gasteiger partial charge in [0.1, 0.15) is 10.8 Å². The van der Waals surface area contributed by atoms with E-state index >= 15 is 0 Å². The van der Waals surface area contributed by atoms with E-state index in [4.69, 9.17) is 11.6 Å². The zero-order valence-corrected chi connectivity index (χ0v) is 13.4. The summed E-state index contributed by atoms with van der Waals surface area (Å²) in [5.41, 5.74) is 0.234. The van der Waals surface area contributed by atoms with Gasteiger partial charge in [0.05, 0.1) is 12.5 Å². The van der Waals surface area contributed by atoms with E-state index in [1.165, 1.54) is 23.5 Å². The molecule has 0 bridgehead atoms. The molecule has 0 aliphatic carbocycles. The molecule has 3 rings (SSSR count). The van der Waals surface area contributed by atoms with E-state index in [1.807, 2.05) is 11.8 Å². The fourth-order valence-electron chi connectivity index (χ4n) is 2.28. The van der Waals surface area contributed by atoms with E-state index < -0.39 is 5.82 Å². The average Bonchev–Trinajstić information content (AvgIpc) is 2.84. The van der Waals surface area contributed by atoms with Gasteiger partial charge in [-0.1, -0.05) is 29.0 Å². The van der Waals surface area contributed by atoms with Crippen molar-refractivity contribution in [1.29, 1.82) is 0 Å². The maximum Gasteiger partial charge on any atom is 0.224 e. The highest BCUT2D eigenvalue weighted by atomic mass is 35.5. The number of aromatic nitrogens is 2. The summed E-state index contributed by atoms with van der Waals surface area (Å²) < 4.78 is 13.6. The molecule has 0 spiro atoms. The molecule has 0 unspecified atom stereocenters. The van der Waals surface area contributed by atoms with Crippen LogP contribution in [0, 0.1) is 12.7 Å². The molecule has 5 nitrogen and oxygen atoms in total. The first-order chi connectivity index (χ1) is 10.5.